The lowest BCUT2D eigenvalue weighted by Crippen LogP contribution is -2.55. The standard InChI is InChI=1S/C22H21N5O3S2/c23-10-15-4-7-20(24-11-15)27-16-5-6-17(27)13-26(12-16)21(28)8-9-32(29,30)19-3-1-2-18-22(19)31-14-25-18/h1-4,7,11,14,16-17H,5-6,8-9,12-13H2. The van der Waals surface area contributed by atoms with Gasteiger partial charge in [-0.25, -0.2) is 18.4 Å². The van der Waals surface area contributed by atoms with E-state index in [1.165, 1.54) is 11.3 Å². The third-order valence-electron chi connectivity index (χ3n) is 6.22. The second-order valence-corrected chi connectivity index (χ2v) is 11.1. The van der Waals surface area contributed by atoms with Gasteiger partial charge < -0.3 is 9.80 Å². The number of carbonyl (C=O) groups excluding carboxylic acids is 1. The number of pyridine rings is 1. The number of anilines is 1. The number of aromatic nitrogens is 2. The van der Waals surface area contributed by atoms with E-state index in [0.717, 1.165) is 18.7 Å². The molecular formula is C22H21N5O3S2. The summed E-state index contributed by atoms with van der Waals surface area (Å²) in [5, 5.41) is 8.98. The minimum atomic E-state index is -3.59. The molecule has 5 rings (SSSR count). The first-order chi connectivity index (χ1) is 15.5. The molecule has 2 aliphatic heterocycles. The van der Waals surface area contributed by atoms with E-state index in [1.807, 2.05) is 6.07 Å². The number of piperazine rings is 1. The van der Waals surface area contributed by atoms with E-state index in [2.05, 4.69) is 20.9 Å². The lowest BCUT2D eigenvalue weighted by atomic mass is 10.1. The van der Waals surface area contributed by atoms with E-state index < -0.39 is 9.84 Å². The number of benzene rings is 1. The molecule has 0 spiro atoms. The van der Waals surface area contributed by atoms with Crippen molar-refractivity contribution in [3.8, 4) is 6.07 Å². The smallest absolute Gasteiger partial charge is 0.223 e. The Kier molecular flexibility index (Phi) is 5.31. The normalized spacial score (nSPS) is 20.5. The van der Waals surface area contributed by atoms with Crippen molar-refractivity contribution in [2.45, 2.75) is 36.2 Å². The van der Waals surface area contributed by atoms with Crippen LogP contribution in [-0.2, 0) is 14.6 Å². The highest BCUT2D eigenvalue weighted by atomic mass is 32.2. The summed E-state index contributed by atoms with van der Waals surface area (Å²) in [5.41, 5.74) is 2.81. The zero-order valence-corrected chi connectivity index (χ0v) is 18.8. The van der Waals surface area contributed by atoms with Crippen molar-refractivity contribution in [2.24, 2.45) is 0 Å². The molecule has 1 aromatic carbocycles. The Hall–Kier alpha value is -3.03. The zero-order chi connectivity index (χ0) is 22.3. The van der Waals surface area contributed by atoms with Gasteiger partial charge in [-0.3, -0.25) is 4.79 Å². The fourth-order valence-electron chi connectivity index (χ4n) is 4.68. The Balaban J connectivity index is 1.25. The molecule has 0 radical (unpaired) electrons. The van der Waals surface area contributed by atoms with Gasteiger partial charge in [0.25, 0.3) is 0 Å². The molecule has 32 heavy (non-hydrogen) atoms. The van der Waals surface area contributed by atoms with Crippen LogP contribution in [-0.4, -0.2) is 60.1 Å². The fraction of sp³-hybridized carbons (Fsp3) is 0.364. The third-order valence-corrected chi connectivity index (χ3v) is 8.97. The van der Waals surface area contributed by atoms with Gasteiger partial charge in [-0.1, -0.05) is 6.07 Å². The molecule has 0 N–H and O–H groups in total. The molecule has 2 fully saturated rings. The maximum Gasteiger partial charge on any atom is 0.223 e. The number of amides is 1. The van der Waals surface area contributed by atoms with Crippen LogP contribution in [0.1, 0.15) is 24.8 Å². The first-order valence-electron chi connectivity index (χ1n) is 10.4. The third kappa shape index (κ3) is 3.72. The number of hydrogen-bond acceptors (Lipinski definition) is 8. The molecular weight excluding hydrogens is 446 g/mol. The highest BCUT2D eigenvalue weighted by molar-refractivity contribution is 7.91. The van der Waals surface area contributed by atoms with Gasteiger partial charge >= 0.3 is 0 Å². The van der Waals surface area contributed by atoms with E-state index in [-0.39, 0.29) is 35.1 Å². The van der Waals surface area contributed by atoms with Crippen LogP contribution < -0.4 is 4.90 Å². The number of thiazole rings is 1. The monoisotopic (exact) mass is 467 g/mol. The first kappa shape index (κ1) is 20.8. The Bertz CT molecular complexity index is 1300. The van der Waals surface area contributed by atoms with Gasteiger partial charge in [-0.05, 0) is 37.1 Å². The summed E-state index contributed by atoms with van der Waals surface area (Å²) in [6.07, 6.45) is 3.45. The lowest BCUT2D eigenvalue weighted by Gasteiger charge is -2.41. The van der Waals surface area contributed by atoms with Crippen LogP contribution in [0.15, 0.2) is 46.9 Å². The van der Waals surface area contributed by atoms with Crippen molar-refractivity contribution < 1.29 is 13.2 Å². The minimum Gasteiger partial charge on any atom is -0.347 e. The van der Waals surface area contributed by atoms with E-state index >= 15 is 0 Å². The van der Waals surface area contributed by atoms with Crippen LogP contribution in [0.4, 0.5) is 5.82 Å². The first-order valence-corrected chi connectivity index (χ1v) is 13.0. The maximum absolute atomic E-state index is 12.9. The van der Waals surface area contributed by atoms with Crippen LogP contribution in [0, 0.1) is 11.3 Å². The van der Waals surface area contributed by atoms with Crippen LogP contribution in [0.2, 0.25) is 0 Å². The summed E-state index contributed by atoms with van der Waals surface area (Å²) in [6.45, 7) is 1.11. The van der Waals surface area contributed by atoms with E-state index in [0.29, 0.717) is 28.9 Å². The number of rotatable bonds is 5. The molecule has 2 bridgehead atoms. The molecule has 0 saturated carbocycles. The Labute approximate surface area is 190 Å². The van der Waals surface area contributed by atoms with E-state index in [9.17, 15) is 13.2 Å². The van der Waals surface area contributed by atoms with Gasteiger partial charge in [0.05, 0.1) is 31.9 Å². The number of carbonyl (C=O) groups is 1. The van der Waals surface area contributed by atoms with Crippen molar-refractivity contribution in [3.63, 3.8) is 0 Å². The summed E-state index contributed by atoms with van der Waals surface area (Å²) in [6, 6.07) is 11.1. The van der Waals surface area contributed by atoms with Crippen molar-refractivity contribution in [3.05, 3.63) is 47.6 Å². The molecule has 2 unspecified atom stereocenters. The zero-order valence-electron chi connectivity index (χ0n) is 17.2. The summed E-state index contributed by atoms with van der Waals surface area (Å²) in [4.78, 5) is 25.8. The van der Waals surface area contributed by atoms with E-state index in [4.69, 9.17) is 5.26 Å². The van der Waals surface area contributed by atoms with Gasteiger partial charge in [0.2, 0.25) is 5.91 Å². The van der Waals surface area contributed by atoms with Crippen molar-refractivity contribution in [1.82, 2.24) is 14.9 Å². The molecule has 8 nitrogen and oxygen atoms in total. The summed E-state index contributed by atoms with van der Waals surface area (Å²) in [7, 11) is -3.59. The summed E-state index contributed by atoms with van der Waals surface area (Å²) >= 11 is 1.30. The number of likely N-dealkylation sites (tertiary alicyclic amines) is 1. The summed E-state index contributed by atoms with van der Waals surface area (Å²) < 4.78 is 26.5. The molecule has 164 valence electrons. The van der Waals surface area contributed by atoms with E-state index in [1.54, 1.807) is 40.9 Å². The largest absolute Gasteiger partial charge is 0.347 e. The van der Waals surface area contributed by atoms with Crippen LogP contribution in [0.5, 0.6) is 0 Å². The van der Waals surface area contributed by atoms with Gasteiger partial charge in [0, 0.05) is 37.8 Å². The average Bonchev–Trinajstić information content (AvgIpc) is 3.39. The molecule has 3 aromatic rings. The van der Waals surface area contributed by atoms with Crippen molar-refractivity contribution in [1.29, 1.82) is 5.26 Å². The van der Waals surface area contributed by atoms with Crippen LogP contribution >= 0.6 is 11.3 Å². The van der Waals surface area contributed by atoms with Crippen molar-refractivity contribution >= 4 is 43.1 Å². The van der Waals surface area contributed by atoms with Gasteiger partial charge in [0.15, 0.2) is 9.84 Å². The predicted octanol–water partition coefficient (Wildman–Crippen LogP) is 2.61. The minimum absolute atomic E-state index is 0.0356. The van der Waals surface area contributed by atoms with Crippen molar-refractivity contribution in [2.75, 3.05) is 23.7 Å². The topological polar surface area (TPSA) is 107 Å². The highest BCUT2D eigenvalue weighted by Crippen LogP contribution is 2.34. The number of hydrogen-bond donors (Lipinski definition) is 0. The van der Waals surface area contributed by atoms with Gasteiger partial charge in [-0.2, -0.15) is 5.26 Å². The molecule has 2 saturated heterocycles. The fourth-order valence-corrected chi connectivity index (χ4v) is 7.24. The van der Waals surface area contributed by atoms with Gasteiger partial charge in [0.1, 0.15) is 11.9 Å². The average molecular weight is 468 g/mol. The molecule has 2 aliphatic rings. The molecule has 2 aromatic heterocycles. The predicted molar refractivity (Wildman–Crippen MR) is 121 cm³/mol. The molecule has 0 aliphatic carbocycles. The Morgan fingerprint density at radius 3 is 2.62 bits per heavy atom. The lowest BCUT2D eigenvalue weighted by molar-refractivity contribution is -0.131. The molecule has 2 atom stereocenters. The molecule has 10 heteroatoms. The second-order valence-electron chi connectivity index (χ2n) is 8.13. The Morgan fingerprint density at radius 1 is 1.16 bits per heavy atom. The molecule has 1 amide bonds. The second kappa shape index (κ2) is 8.15. The summed E-state index contributed by atoms with van der Waals surface area (Å²) in [5.74, 6) is 0.480. The molecule has 4 heterocycles. The highest BCUT2D eigenvalue weighted by Gasteiger charge is 2.42. The number of fused-ring (bicyclic) bond motifs is 3. The number of nitriles is 1. The Morgan fingerprint density at radius 2 is 1.94 bits per heavy atom. The number of nitrogens with zero attached hydrogens (tertiary/aromatic N) is 5. The van der Waals surface area contributed by atoms with Crippen LogP contribution in [0.25, 0.3) is 10.2 Å². The SMILES string of the molecule is N#Cc1ccc(N2C3CCC2CN(C(=O)CCS(=O)(=O)c2cccc4ncsc24)C3)nc1. The van der Waals surface area contributed by atoms with Gasteiger partial charge in [-0.15, -0.1) is 11.3 Å². The van der Waals surface area contributed by atoms with Crippen LogP contribution in [0.3, 0.4) is 0 Å². The maximum atomic E-state index is 12.9. The quantitative estimate of drug-likeness (QED) is 0.568. The number of sulfone groups is 1.